The Balaban J connectivity index is 1.34. The van der Waals surface area contributed by atoms with Crippen LogP contribution in [0.3, 0.4) is 0 Å². The molecule has 0 radical (unpaired) electrons. The van der Waals surface area contributed by atoms with Gasteiger partial charge in [0.05, 0.1) is 17.8 Å². The van der Waals surface area contributed by atoms with E-state index in [4.69, 9.17) is 12.2 Å². The molecule has 6 heteroatoms. The predicted molar refractivity (Wildman–Crippen MR) is 134 cm³/mol. The van der Waals surface area contributed by atoms with Crippen LogP contribution < -0.4 is 10.6 Å². The van der Waals surface area contributed by atoms with Crippen LogP contribution >= 0.6 is 12.2 Å². The molecule has 1 aliphatic heterocycles. The maximum atomic E-state index is 5.81. The van der Waals surface area contributed by atoms with E-state index < -0.39 is 0 Å². The van der Waals surface area contributed by atoms with E-state index in [-0.39, 0.29) is 12.1 Å². The maximum Gasteiger partial charge on any atom is 0.170 e. The van der Waals surface area contributed by atoms with Crippen LogP contribution in [0.2, 0.25) is 0 Å². The van der Waals surface area contributed by atoms with E-state index in [1.54, 1.807) is 0 Å². The number of nitrogens with one attached hydrogen (secondary N) is 2. The van der Waals surface area contributed by atoms with E-state index in [1.165, 1.54) is 31.2 Å². The van der Waals surface area contributed by atoms with Gasteiger partial charge >= 0.3 is 0 Å². The minimum absolute atomic E-state index is 0.0604. The fourth-order valence-electron chi connectivity index (χ4n) is 5.08. The average Bonchev–Trinajstić information content (AvgIpc) is 3.58. The lowest BCUT2D eigenvalue weighted by Gasteiger charge is -2.27. The van der Waals surface area contributed by atoms with Crippen molar-refractivity contribution in [3.8, 4) is 0 Å². The molecule has 2 atom stereocenters. The maximum absolute atomic E-state index is 5.81. The van der Waals surface area contributed by atoms with Crippen LogP contribution in [0.15, 0.2) is 73.2 Å². The third kappa shape index (κ3) is 4.51. The third-order valence-corrected chi connectivity index (χ3v) is 7.05. The van der Waals surface area contributed by atoms with Gasteiger partial charge in [0, 0.05) is 43.4 Å². The van der Waals surface area contributed by atoms with Gasteiger partial charge in [-0.2, -0.15) is 0 Å². The summed E-state index contributed by atoms with van der Waals surface area (Å²) < 4.78 is 2.42. The summed E-state index contributed by atoms with van der Waals surface area (Å²) in [6.45, 7) is 1.81. The number of aromatic nitrogens is 2. The van der Waals surface area contributed by atoms with Crippen molar-refractivity contribution in [1.29, 1.82) is 0 Å². The van der Waals surface area contributed by atoms with E-state index in [0.717, 1.165) is 36.0 Å². The Morgan fingerprint density at radius 2 is 1.84 bits per heavy atom. The number of rotatable bonds is 8. The molecule has 5 nitrogen and oxygen atoms in total. The molecular formula is C26H31N5S. The number of benzene rings is 1. The molecule has 1 saturated heterocycles. The molecule has 3 aromatic rings. The smallest absolute Gasteiger partial charge is 0.170 e. The monoisotopic (exact) mass is 445 g/mol. The SMILES string of the molecule is S=C1N[C@@H](c2ccccn2)[C@@H](c2ccn(C3CCCC3)c2)N1CCCNc1ccccc1. The molecule has 0 spiro atoms. The van der Waals surface area contributed by atoms with Gasteiger partial charge in [0.1, 0.15) is 0 Å². The Labute approximate surface area is 195 Å². The number of thiocarbonyl (C=S) groups is 1. The first-order valence-corrected chi connectivity index (χ1v) is 12.1. The minimum atomic E-state index is 0.0604. The third-order valence-electron chi connectivity index (χ3n) is 6.70. The van der Waals surface area contributed by atoms with Crippen molar-refractivity contribution in [3.05, 3.63) is 84.4 Å². The highest BCUT2D eigenvalue weighted by Gasteiger charge is 2.40. The first-order valence-electron chi connectivity index (χ1n) is 11.7. The summed E-state index contributed by atoms with van der Waals surface area (Å²) in [4.78, 5) is 7.01. The Bertz CT molecular complexity index is 1010. The number of anilines is 1. The highest BCUT2D eigenvalue weighted by molar-refractivity contribution is 7.80. The van der Waals surface area contributed by atoms with Crippen molar-refractivity contribution in [1.82, 2.24) is 19.8 Å². The molecule has 2 aliphatic rings. The lowest BCUT2D eigenvalue weighted by atomic mass is 9.99. The molecule has 0 bridgehead atoms. The summed E-state index contributed by atoms with van der Waals surface area (Å²) >= 11 is 5.81. The largest absolute Gasteiger partial charge is 0.385 e. The van der Waals surface area contributed by atoms with E-state index >= 15 is 0 Å². The van der Waals surface area contributed by atoms with Gasteiger partial charge in [0.2, 0.25) is 0 Å². The van der Waals surface area contributed by atoms with E-state index in [1.807, 2.05) is 18.3 Å². The molecule has 2 N–H and O–H groups in total. The second-order valence-electron chi connectivity index (χ2n) is 8.80. The van der Waals surface area contributed by atoms with Crippen molar-refractivity contribution in [3.63, 3.8) is 0 Å². The van der Waals surface area contributed by atoms with Crippen LogP contribution in [-0.4, -0.2) is 32.7 Å². The highest BCUT2D eigenvalue weighted by Crippen LogP contribution is 2.40. The molecule has 32 heavy (non-hydrogen) atoms. The van der Waals surface area contributed by atoms with Gasteiger partial charge in [0.25, 0.3) is 0 Å². The second kappa shape index (κ2) is 9.74. The highest BCUT2D eigenvalue weighted by atomic mass is 32.1. The minimum Gasteiger partial charge on any atom is -0.385 e. The molecule has 5 rings (SSSR count). The zero-order valence-electron chi connectivity index (χ0n) is 18.4. The lowest BCUT2D eigenvalue weighted by molar-refractivity contribution is 0.315. The summed E-state index contributed by atoms with van der Waals surface area (Å²) in [5, 5.41) is 7.91. The van der Waals surface area contributed by atoms with E-state index in [0.29, 0.717) is 6.04 Å². The van der Waals surface area contributed by atoms with Crippen LogP contribution in [0.25, 0.3) is 0 Å². The molecule has 2 aromatic heterocycles. The molecule has 1 aromatic carbocycles. The van der Waals surface area contributed by atoms with E-state index in [9.17, 15) is 0 Å². The fourth-order valence-corrected chi connectivity index (χ4v) is 5.41. The first kappa shape index (κ1) is 21.0. The van der Waals surface area contributed by atoms with Gasteiger partial charge in [-0.3, -0.25) is 4.98 Å². The van der Waals surface area contributed by atoms with Gasteiger partial charge in [-0.25, -0.2) is 0 Å². The summed E-state index contributed by atoms with van der Waals surface area (Å²) in [5.41, 5.74) is 3.51. The molecule has 1 aliphatic carbocycles. The van der Waals surface area contributed by atoms with Crippen LogP contribution in [0.1, 0.15) is 61.5 Å². The van der Waals surface area contributed by atoms with E-state index in [2.05, 4.69) is 79.9 Å². The number of hydrogen-bond donors (Lipinski definition) is 2. The summed E-state index contributed by atoms with van der Waals surface area (Å²) in [5.74, 6) is 0. The van der Waals surface area contributed by atoms with Crippen LogP contribution in [0, 0.1) is 0 Å². The van der Waals surface area contributed by atoms with Gasteiger partial charge in [-0.1, -0.05) is 37.1 Å². The van der Waals surface area contributed by atoms with Crippen molar-refractivity contribution >= 4 is 23.0 Å². The molecular weight excluding hydrogens is 414 g/mol. The van der Waals surface area contributed by atoms with Crippen LogP contribution in [-0.2, 0) is 0 Å². The zero-order valence-corrected chi connectivity index (χ0v) is 19.2. The number of pyridine rings is 1. The summed E-state index contributed by atoms with van der Waals surface area (Å²) in [6.07, 6.45) is 12.7. The standard InChI is InChI=1S/C26H31N5S/c32-26-29-24(23-13-6-7-15-28-23)25(20-14-18-30(19-20)22-11-4-5-12-22)31(26)17-8-16-27-21-9-2-1-3-10-21/h1-3,6-7,9-10,13-15,18-19,22,24-25,27H,4-5,8,11-12,16-17H2,(H,29,32)/t24-,25+/m0/s1. The Hall–Kier alpha value is -2.86. The van der Waals surface area contributed by atoms with Gasteiger partial charge in [-0.05, 0) is 67.4 Å². The fraction of sp³-hybridized carbons (Fsp3) is 0.385. The summed E-state index contributed by atoms with van der Waals surface area (Å²) in [6, 6.07) is 19.6. The van der Waals surface area contributed by atoms with Gasteiger partial charge in [-0.15, -0.1) is 0 Å². The molecule has 1 saturated carbocycles. The topological polar surface area (TPSA) is 45.1 Å². The Morgan fingerprint density at radius 1 is 1.03 bits per heavy atom. The van der Waals surface area contributed by atoms with Crippen LogP contribution in [0.5, 0.6) is 0 Å². The van der Waals surface area contributed by atoms with Crippen molar-refractivity contribution in [2.24, 2.45) is 0 Å². The van der Waals surface area contributed by atoms with Crippen molar-refractivity contribution < 1.29 is 0 Å². The molecule has 0 amide bonds. The quantitative estimate of drug-likeness (QED) is 0.355. The van der Waals surface area contributed by atoms with Crippen LogP contribution in [0.4, 0.5) is 5.69 Å². The summed E-state index contributed by atoms with van der Waals surface area (Å²) in [7, 11) is 0. The van der Waals surface area contributed by atoms with Gasteiger partial charge in [0.15, 0.2) is 5.11 Å². The second-order valence-corrected chi connectivity index (χ2v) is 9.18. The van der Waals surface area contributed by atoms with Crippen molar-refractivity contribution in [2.45, 2.75) is 50.2 Å². The van der Waals surface area contributed by atoms with Crippen molar-refractivity contribution in [2.75, 3.05) is 18.4 Å². The molecule has 2 fully saturated rings. The Morgan fingerprint density at radius 3 is 2.62 bits per heavy atom. The average molecular weight is 446 g/mol. The van der Waals surface area contributed by atoms with Gasteiger partial charge < -0.3 is 20.1 Å². The predicted octanol–water partition coefficient (Wildman–Crippen LogP) is 5.47. The molecule has 166 valence electrons. The lowest BCUT2D eigenvalue weighted by Crippen LogP contribution is -2.31. The zero-order chi connectivity index (χ0) is 21.8. The number of para-hydroxylation sites is 1. The number of nitrogens with zero attached hydrogens (tertiary/aromatic N) is 3. The first-order chi connectivity index (χ1) is 15.8. The number of hydrogen-bond acceptors (Lipinski definition) is 3. The molecule has 3 heterocycles. The molecule has 0 unspecified atom stereocenters. The normalized spacial score (nSPS) is 21.1. The Kier molecular flexibility index (Phi) is 6.39.